The summed E-state index contributed by atoms with van der Waals surface area (Å²) in [5.41, 5.74) is -0.592. The number of nitrogens with zero attached hydrogens (tertiary/aromatic N) is 1. The molecule has 1 N–H and O–H groups in total. The molecule has 4 unspecified atom stereocenters. The van der Waals surface area contributed by atoms with Gasteiger partial charge in [0.25, 0.3) is 0 Å². The quantitative estimate of drug-likeness (QED) is 0.761. The topological polar surface area (TPSA) is 41.6 Å². The first-order chi connectivity index (χ1) is 9.34. The van der Waals surface area contributed by atoms with E-state index in [4.69, 9.17) is 4.74 Å². The largest absolute Gasteiger partial charge is 0.468 e. The van der Waals surface area contributed by atoms with Crippen LogP contribution in [0, 0.1) is 5.92 Å². The number of ether oxygens (including phenoxy) is 1. The zero-order valence-electron chi connectivity index (χ0n) is 14.0. The molecule has 0 amide bonds. The number of nitrogens with one attached hydrogen (secondary N) is 1. The van der Waals surface area contributed by atoms with Crippen molar-refractivity contribution in [3.05, 3.63) is 0 Å². The molecule has 0 aliphatic carbocycles. The van der Waals surface area contributed by atoms with Crippen LogP contribution in [0.25, 0.3) is 0 Å². The van der Waals surface area contributed by atoms with Crippen LogP contribution in [0.3, 0.4) is 0 Å². The van der Waals surface area contributed by atoms with E-state index in [2.05, 4.69) is 31.0 Å². The summed E-state index contributed by atoms with van der Waals surface area (Å²) in [6.07, 6.45) is 3.29. The van der Waals surface area contributed by atoms with Crippen LogP contribution in [0.4, 0.5) is 0 Å². The molecule has 0 aromatic heterocycles. The SMILES string of the molecule is CCNC(C)(CC(C)N1CCC(C)CC1C)C(=O)OC. The summed E-state index contributed by atoms with van der Waals surface area (Å²) in [5.74, 6) is 0.651. The summed E-state index contributed by atoms with van der Waals surface area (Å²) in [6.45, 7) is 12.7. The maximum atomic E-state index is 12.1. The number of rotatable bonds is 6. The summed E-state index contributed by atoms with van der Waals surface area (Å²) in [6, 6.07) is 0.970. The van der Waals surface area contributed by atoms with E-state index in [-0.39, 0.29) is 5.97 Å². The Morgan fingerprint density at radius 1 is 1.50 bits per heavy atom. The van der Waals surface area contributed by atoms with Gasteiger partial charge in [0.1, 0.15) is 5.54 Å². The number of hydrogen-bond acceptors (Lipinski definition) is 4. The van der Waals surface area contributed by atoms with Gasteiger partial charge < -0.3 is 10.1 Å². The minimum absolute atomic E-state index is 0.163. The van der Waals surface area contributed by atoms with Gasteiger partial charge in [-0.1, -0.05) is 13.8 Å². The molecule has 1 aliphatic rings. The maximum absolute atomic E-state index is 12.1. The summed E-state index contributed by atoms with van der Waals surface area (Å²) < 4.78 is 4.98. The molecule has 0 spiro atoms. The first-order valence-corrected chi connectivity index (χ1v) is 7.93. The number of likely N-dealkylation sites (N-methyl/N-ethyl adjacent to an activating group) is 1. The summed E-state index contributed by atoms with van der Waals surface area (Å²) in [4.78, 5) is 14.6. The molecule has 0 aromatic carbocycles. The zero-order valence-corrected chi connectivity index (χ0v) is 14.0. The van der Waals surface area contributed by atoms with Crippen molar-refractivity contribution in [2.24, 2.45) is 5.92 Å². The fraction of sp³-hybridized carbons (Fsp3) is 0.938. The van der Waals surface area contributed by atoms with Crippen LogP contribution < -0.4 is 5.32 Å². The normalized spacial score (nSPS) is 28.7. The Balaban J connectivity index is 2.70. The van der Waals surface area contributed by atoms with Crippen LogP contribution in [-0.2, 0) is 9.53 Å². The molecule has 0 bridgehead atoms. The number of likely N-dealkylation sites (tertiary alicyclic amines) is 1. The van der Waals surface area contributed by atoms with Crippen molar-refractivity contribution in [3.8, 4) is 0 Å². The van der Waals surface area contributed by atoms with Gasteiger partial charge in [-0.15, -0.1) is 0 Å². The third-order valence-electron chi connectivity index (χ3n) is 4.66. The van der Waals surface area contributed by atoms with Gasteiger partial charge in [-0.2, -0.15) is 0 Å². The van der Waals surface area contributed by atoms with Gasteiger partial charge in [0.2, 0.25) is 0 Å². The molecule has 1 aliphatic heterocycles. The molecular formula is C16H32N2O2. The summed E-state index contributed by atoms with van der Waals surface area (Å²) >= 11 is 0. The minimum atomic E-state index is -0.592. The minimum Gasteiger partial charge on any atom is -0.468 e. The third kappa shape index (κ3) is 4.19. The van der Waals surface area contributed by atoms with Crippen molar-refractivity contribution in [1.29, 1.82) is 0 Å². The molecule has 1 fully saturated rings. The van der Waals surface area contributed by atoms with Gasteiger partial charge in [0.15, 0.2) is 0 Å². The molecule has 0 saturated carbocycles. The Morgan fingerprint density at radius 2 is 2.15 bits per heavy atom. The molecule has 4 atom stereocenters. The number of carbonyl (C=O) groups excluding carboxylic acids is 1. The fourth-order valence-corrected chi connectivity index (χ4v) is 3.63. The van der Waals surface area contributed by atoms with Gasteiger partial charge >= 0.3 is 5.97 Å². The lowest BCUT2D eigenvalue weighted by atomic mass is 9.88. The smallest absolute Gasteiger partial charge is 0.325 e. The van der Waals surface area contributed by atoms with Crippen molar-refractivity contribution >= 4 is 5.97 Å². The number of methoxy groups -OCH3 is 1. The molecule has 1 heterocycles. The van der Waals surface area contributed by atoms with E-state index in [0.29, 0.717) is 12.1 Å². The second-order valence-corrected chi connectivity index (χ2v) is 6.62. The van der Waals surface area contributed by atoms with Crippen molar-refractivity contribution in [3.63, 3.8) is 0 Å². The van der Waals surface area contributed by atoms with Gasteiger partial charge in [-0.3, -0.25) is 9.69 Å². The lowest BCUT2D eigenvalue weighted by Gasteiger charge is -2.43. The molecule has 118 valence electrons. The van der Waals surface area contributed by atoms with Crippen LogP contribution in [0.1, 0.15) is 53.9 Å². The monoisotopic (exact) mass is 284 g/mol. The highest BCUT2D eigenvalue weighted by Gasteiger charge is 2.38. The Labute approximate surface area is 124 Å². The Kier molecular flexibility index (Phi) is 6.46. The number of hydrogen-bond donors (Lipinski definition) is 1. The van der Waals surface area contributed by atoms with E-state index in [1.807, 2.05) is 13.8 Å². The van der Waals surface area contributed by atoms with E-state index in [9.17, 15) is 4.79 Å². The molecule has 4 heteroatoms. The Morgan fingerprint density at radius 3 is 2.65 bits per heavy atom. The molecule has 0 radical (unpaired) electrons. The maximum Gasteiger partial charge on any atom is 0.325 e. The highest BCUT2D eigenvalue weighted by molar-refractivity contribution is 5.80. The zero-order chi connectivity index (χ0) is 15.3. The predicted molar refractivity (Wildman–Crippen MR) is 82.7 cm³/mol. The molecule has 0 aromatic rings. The van der Waals surface area contributed by atoms with Crippen molar-refractivity contribution in [2.75, 3.05) is 20.2 Å². The van der Waals surface area contributed by atoms with Gasteiger partial charge in [0, 0.05) is 12.1 Å². The first kappa shape index (κ1) is 17.4. The van der Waals surface area contributed by atoms with Crippen molar-refractivity contribution < 1.29 is 9.53 Å². The Bertz CT molecular complexity index is 322. The predicted octanol–water partition coefficient (Wildman–Crippen LogP) is 2.43. The molecule has 20 heavy (non-hydrogen) atoms. The third-order valence-corrected chi connectivity index (χ3v) is 4.66. The van der Waals surface area contributed by atoms with Crippen molar-refractivity contribution in [2.45, 2.75) is 71.5 Å². The molecule has 1 saturated heterocycles. The van der Waals surface area contributed by atoms with E-state index >= 15 is 0 Å². The fourth-order valence-electron chi connectivity index (χ4n) is 3.63. The number of esters is 1. The lowest BCUT2D eigenvalue weighted by molar-refractivity contribution is -0.149. The first-order valence-electron chi connectivity index (χ1n) is 7.93. The summed E-state index contributed by atoms with van der Waals surface area (Å²) in [7, 11) is 1.47. The van der Waals surface area contributed by atoms with E-state index < -0.39 is 5.54 Å². The van der Waals surface area contributed by atoms with Crippen molar-refractivity contribution in [1.82, 2.24) is 10.2 Å². The second kappa shape index (κ2) is 7.41. The Hall–Kier alpha value is -0.610. The standard InChI is InChI=1S/C16H32N2O2/c1-7-17-16(5,15(19)20-6)11-14(4)18-9-8-12(2)10-13(18)3/h12-14,17H,7-11H2,1-6H3. The van der Waals surface area contributed by atoms with E-state index in [1.54, 1.807) is 0 Å². The van der Waals surface area contributed by atoms with Gasteiger partial charge in [0.05, 0.1) is 7.11 Å². The number of piperidine rings is 1. The van der Waals surface area contributed by atoms with Crippen LogP contribution >= 0.6 is 0 Å². The lowest BCUT2D eigenvalue weighted by Crippen LogP contribution is -2.55. The highest BCUT2D eigenvalue weighted by Crippen LogP contribution is 2.27. The average molecular weight is 284 g/mol. The second-order valence-electron chi connectivity index (χ2n) is 6.62. The molecule has 4 nitrogen and oxygen atoms in total. The average Bonchev–Trinajstić information content (AvgIpc) is 2.37. The van der Waals surface area contributed by atoms with Gasteiger partial charge in [-0.05, 0) is 59.0 Å². The molecular weight excluding hydrogens is 252 g/mol. The number of carbonyl (C=O) groups is 1. The highest BCUT2D eigenvalue weighted by atomic mass is 16.5. The van der Waals surface area contributed by atoms with Gasteiger partial charge in [-0.25, -0.2) is 0 Å². The van der Waals surface area contributed by atoms with Crippen LogP contribution in [0.5, 0.6) is 0 Å². The molecule has 1 rings (SSSR count). The summed E-state index contributed by atoms with van der Waals surface area (Å²) in [5, 5.41) is 3.30. The van der Waals surface area contributed by atoms with Crippen LogP contribution in [0.15, 0.2) is 0 Å². The van der Waals surface area contributed by atoms with Crippen LogP contribution in [0.2, 0.25) is 0 Å². The van der Waals surface area contributed by atoms with E-state index in [1.165, 1.54) is 20.0 Å². The van der Waals surface area contributed by atoms with E-state index in [0.717, 1.165) is 25.4 Å². The van der Waals surface area contributed by atoms with Crippen LogP contribution in [-0.4, -0.2) is 48.7 Å².